The Labute approximate surface area is 189 Å². The fourth-order valence-electron chi connectivity index (χ4n) is 4.52. The molecule has 0 radical (unpaired) electrons. The number of nitrogens with zero attached hydrogens (tertiary/aromatic N) is 2. The van der Waals surface area contributed by atoms with Crippen molar-refractivity contribution in [1.82, 2.24) is 15.1 Å². The van der Waals surface area contributed by atoms with Crippen LogP contribution in [-0.4, -0.2) is 45.4 Å². The van der Waals surface area contributed by atoms with Crippen LogP contribution in [-0.2, 0) is 4.74 Å². The minimum Gasteiger partial charge on any atom is -0.507 e. The van der Waals surface area contributed by atoms with Crippen molar-refractivity contribution in [2.24, 2.45) is 0 Å². The number of rotatable bonds is 7. The van der Waals surface area contributed by atoms with Gasteiger partial charge in [0.2, 0.25) is 0 Å². The maximum atomic E-state index is 13.4. The predicted molar refractivity (Wildman–Crippen MR) is 125 cm³/mol. The van der Waals surface area contributed by atoms with Crippen molar-refractivity contribution < 1.29 is 14.6 Å². The Morgan fingerprint density at radius 1 is 1.12 bits per heavy atom. The van der Waals surface area contributed by atoms with E-state index >= 15 is 0 Å². The Balaban J connectivity index is 1.79. The second-order valence-electron chi connectivity index (χ2n) is 8.92. The van der Waals surface area contributed by atoms with E-state index in [0.29, 0.717) is 30.1 Å². The quantitative estimate of drug-likeness (QED) is 0.510. The molecule has 1 aliphatic heterocycles. The first-order valence-corrected chi connectivity index (χ1v) is 11.2. The summed E-state index contributed by atoms with van der Waals surface area (Å²) in [4.78, 5) is 15.3. The summed E-state index contributed by atoms with van der Waals surface area (Å²) in [5, 5.41) is 18.2. The third-order valence-electron chi connectivity index (χ3n) is 5.95. The summed E-state index contributed by atoms with van der Waals surface area (Å²) in [6.07, 6.45) is 0.905. The first kappa shape index (κ1) is 22.1. The summed E-state index contributed by atoms with van der Waals surface area (Å²) in [5.74, 6) is 0.105. The summed E-state index contributed by atoms with van der Waals surface area (Å²) in [6.45, 7) is 11.1. The number of nitrogens with one attached hydrogen (secondary N) is 1. The number of H-pyrrole nitrogens is 1. The molecule has 6 nitrogen and oxygen atoms in total. The minimum atomic E-state index is -0.272. The molecule has 2 aromatic carbocycles. The average molecular weight is 434 g/mol. The van der Waals surface area contributed by atoms with E-state index in [2.05, 4.69) is 34.5 Å². The zero-order chi connectivity index (χ0) is 23.0. The Morgan fingerprint density at radius 3 is 2.50 bits per heavy atom. The fourth-order valence-corrected chi connectivity index (χ4v) is 4.52. The van der Waals surface area contributed by atoms with Gasteiger partial charge in [-0.1, -0.05) is 35.9 Å². The summed E-state index contributed by atoms with van der Waals surface area (Å²) in [6, 6.07) is 11.7. The largest absolute Gasteiger partial charge is 0.507 e. The van der Waals surface area contributed by atoms with Crippen LogP contribution >= 0.6 is 0 Å². The molecule has 1 aliphatic rings. The standard InChI is InChI=1S/C26H31N3O3/c1-15(2)32-12-6-11-29-25(19-9-7-16(3)8-10-19)22-23(27-28-24(22)26(29)31)21-18(5)13-17(4)14-20(21)30/h7-10,13-15,25,30H,6,11-12H2,1-5H3,(H,27,28). The lowest BCUT2D eigenvalue weighted by Gasteiger charge is -2.27. The van der Waals surface area contributed by atoms with Gasteiger partial charge in [0.25, 0.3) is 5.91 Å². The number of amides is 1. The highest BCUT2D eigenvalue weighted by molar-refractivity contribution is 6.00. The Bertz CT molecular complexity index is 1110. The van der Waals surface area contributed by atoms with Gasteiger partial charge in [0.1, 0.15) is 17.1 Å². The van der Waals surface area contributed by atoms with Crippen LogP contribution in [0.5, 0.6) is 5.75 Å². The molecule has 168 valence electrons. The van der Waals surface area contributed by atoms with Gasteiger partial charge in [-0.2, -0.15) is 5.10 Å². The van der Waals surface area contributed by atoms with Crippen LogP contribution in [0.3, 0.4) is 0 Å². The molecule has 4 rings (SSSR count). The van der Waals surface area contributed by atoms with Crippen LogP contribution in [0.1, 0.15) is 64.6 Å². The number of hydrogen-bond donors (Lipinski definition) is 2. The highest BCUT2D eigenvalue weighted by Crippen LogP contribution is 2.45. The van der Waals surface area contributed by atoms with Gasteiger partial charge < -0.3 is 14.7 Å². The molecule has 1 atom stereocenters. The van der Waals surface area contributed by atoms with E-state index in [1.807, 2.05) is 45.6 Å². The smallest absolute Gasteiger partial charge is 0.273 e. The first-order chi connectivity index (χ1) is 15.3. The summed E-state index contributed by atoms with van der Waals surface area (Å²) >= 11 is 0. The van der Waals surface area contributed by atoms with E-state index in [-0.39, 0.29) is 23.8 Å². The molecule has 1 unspecified atom stereocenters. The monoisotopic (exact) mass is 433 g/mol. The van der Waals surface area contributed by atoms with Gasteiger partial charge in [-0.25, -0.2) is 0 Å². The molecule has 1 amide bonds. The van der Waals surface area contributed by atoms with Gasteiger partial charge in [0.15, 0.2) is 0 Å². The summed E-state index contributed by atoms with van der Waals surface area (Å²) in [7, 11) is 0. The van der Waals surface area contributed by atoms with Gasteiger partial charge >= 0.3 is 0 Å². The Hall–Kier alpha value is -3.12. The van der Waals surface area contributed by atoms with E-state index in [0.717, 1.165) is 34.2 Å². The van der Waals surface area contributed by atoms with Crippen molar-refractivity contribution in [1.29, 1.82) is 0 Å². The number of aromatic amines is 1. The van der Waals surface area contributed by atoms with Crippen LogP contribution in [0.15, 0.2) is 36.4 Å². The van der Waals surface area contributed by atoms with Gasteiger partial charge in [0, 0.05) is 24.3 Å². The second-order valence-corrected chi connectivity index (χ2v) is 8.92. The average Bonchev–Trinajstić information content (AvgIpc) is 3.25. The maximum absolute atomic E-state index is 13.4. The molecule has 2 N–H and O–H groups in total. The Morgan fingerprint density at radius 2 is 1.84 bits per heavy atom. The molecule has 0 saturated heterocycles. The van der Waals surface area contributed by atoms with Crippen molar-refractivity contribution in [2.45, 2.75) is 53.2 Å². The van der Waals surface area contributed by atoms with Gasteiger partial charge in [-0.3, -0.25) is 9.89 Å². The number of hydrogen-bond acceptors (Lipinski definition) is 4. The third-order valence-corrected chi connectivity index (χ3v) is 5.95. The van der Waals surface area contributed by atoms with Crippen molar-refractivity contribution in [3.63, 3.8) is 0 Å². The number of ether oxygens (including phenoxy) is 1. The molecule has 0 saturated carbocycles. The molecule has 1 aromatic heterocycles. The minimum absolute atomic E-state index is 0.0712. The molecule has 3 aromatic rings. The van der Waals surface area contributed by atoms with Crippen molar-refractivity contribution in [3.05, 3.63) is 69.9 Å². The molecular weight excluding hydrogens is 402 g/mol. The molecule has 0 fully saturated rings. The fraction of sp³-hybridized carbons (Fsp3) is 0.385. The molecular formula is C26H31N3O3. The highest BCUT2D eigenvalue weighted by atomic mass is 16.5. The molecule has 32 heavy (non-hydrogen) atoms. The van der Waals surface area contributed by atoms with Crippen LogP contribution in [0.25, 0.3) is 11.3 Å². The number of carbonyl (C=O) groups is 1. The van der Waals surface area contributed by atoms with E-state index in [4.69, 9.17) is 4.74 Å². The molecule has 2 heterocycles. The third kappa shape index (κ3) is 4.02. The van der Waals surface area contributed by atoms with E-state index in [9.17, 15) is 9.90 Å². The normalized spacial score (nSPS) is 15.6. The number of carbonyl (C=O) groups excluding carboxylic acids is 1. The van der Waals surface area contributed by atoms with Crippen LogP contribution in [0.2, 0.25) is 0 Å². The van der Waals surface area contributed by atoms with Crippen molar-refractivity contribution in [2.75, 3.05) is 13.2 Å². The molecule has 0 spiro atoms. The zero-order valence-corrected chi connectivity index (χ0v) is 19.4. The number of phenolic OH excluding ortho intramolecular Hbond substituents is 1. The van der Waals surface area contributed by atoms with Gasteiger partial charge in [-0.05, 0) is 63.8 Å². The summed E-state index contributed by atoms with van der Waals surface area (Å²) in [5.41, 5.74) is 6.72. The number of benzene rings is 2. The predicted octanol–water partition coefficient (Wildman–Crippen LogP) is 5.07. The molecule has 0 aliphatic carbocycles. The van der Waals surface area contributed by atoms with Gasteiger partial charge in [-0.15, -0.1) is 0 Å². The highest BCUT2D eigenvalue weighted by Gasteiger charge is 2.42. The van der Waals surface area contributed by atoms with Crippen LogP contribution in [0.4, 0.5) is 0 Å². The van der Waals surface area contributed by atoms with E-state index in [1.165, 1.54) is 0 Å². The zero-order valence-electron chi connectivity index (χ0n) is 19.4. The SMILES string of the molecule is Cc1ccc(C2c3c(-c4c(C)cc(C)cc4O)n[nH]c3C(=O)N2CCCOC(C)C)cc1. The lowest BCUT2D eigenvalue weighted by atomic mass is 9.93. The van der Waals surface area contributed by atoms with Crippen LogP contribution < -0.4 is 0 Å². The number of aromatic nitrogens is 2. The maximum Gasteiger partial charge on any atom is 0.273 e. The van der Waals surface area contributed by atoms with Gasteiger partial charge in [0.05, 0.1) is 12.1 Å². The number of aryl methyl sites for hydroxylation is 3. The molecule has 0 bridgehead atoms. The first-order valence-electron chi connectivity index (χ1n) is 11.2. The lowest BCUT2D eigenvalue weighted by Crippen LogP contribution is -2.31. The lowest BCUT2D eigenvalue weighted by molar-refractivity contribution is 0.0601. The topological polar surface area (TPSA) is 78.5 Å². The van der Waals surface area contributed by atoms with E-state index in [1.54, 1.807) is 6.07 Å². The van der Waals surface area contributed by atoms with Crippen molar-refractivity contribution >= 4 is 5.91 Å². The number of phenols is 1. The van der Waals surface area contributed by atoms with Crippen molar-refractivity contribution in [3.8, 4) is 17.0 Å². The Kier molecular flexibility index (Phi) is 6.07. The summed E-state index contributed by atoms with van der Waals surface area (Å²) < 4.78 is 5.70. The number of fused-ring (bicyclic) bond motifs is 1. The van der Waals surface area contributed by atoms with E-state index < -0.39 is 0 Å². The van der Waals surface area contributed by atoms with Crippen LogP contribution in [0, 0.1) is 20.8 Å². The molecule has 6 heteroatoms. The second kappa shape index (κ2) is 8.79. The number of aromatic hydroxyl groups is 1.